The Labute approximate surface area is 184 Å². The maximum absolute atomic E-state index is 13.6. The van der Waals surface area contributed by atoms with E-state index >= 15 is 0 Å². The summed E-state index contributed by atoms with van der Waals surface area (Å²) in [5, 5.41) is 8.01. The number of halogens is 2. The molecule has 1 saturated heterocycles. The van der Waals surface area contributed by atoms with E-state index < -0.39 is 5.82 Å². The Bertz CT molecular complexity index is 1180. The van der Waals surface area contributed by atoms with Crippen LogP contribution in [-0.4, -0.2) is 28.8 Å². The van der Waals surface area contributed by atoms with Crippen LogP contribution in [-0.2, 0) is 4.79 Å². The number of benzene rings is 2. The number of amides is 1. The maximum Gasteiger partial charge on any atom is 0.271 e. The Balaban J connectivity index is 1.53. The minimum absolute atomic E-state index is 0.0754. The summed E-state index contributed by atoms with van der Waals surface area (Å²) in [6.07, 6.45) is 1.57. The van der Waals surface area contributed by atoms with Gasteiger partial charge in [-0.15, -0.1) is 5.10 Å². The number of hydrogen-bond donors (Lipinski definition) is 1. The second kappa shape index (κ2) is 8.89. The second-order valence-electron chi connectivity index (χ2n) is 7.61. The fourth-order valence-corrected chi connectivity index (χ4v) is 3.91. The van der Waals surface area contributed by atoms with Gasteiger partial charge in [-0.3, -0.25) is 9.59 Å². The first-order chi connectivity index (χ1) is 14.9. The molecule has 4 rings (SSSR count). The van der Waals surface area contributed by atoms with Crippen molar-refractivity contribution in [3.63, 3.8) is 0 Å². The third kappa shape index (κ3) is 4.61. The van der Waals surface area contributed by atoms with Gasteiger partial charge in [0.25, 0.3) is 5.56 Å². The van der Waals surface area contributed by atoms with Crippen molar-refractivity contribution in [1.82, 2.24) is 9.78 Å². The summed E-state index contributed by atoms with van der Waals surface area (Å²) in [5.74, 6) is -0.181. The summed E-state index contributed by atoms with van der Waals surface area (Å²) >= 11 is 6.16. The topological polar surface area (TPSA) is 67.2 Å². The predicted molar refractivity (Wildman–Crippen MR) is 120 cm³/mol. The van der Waals surface area contributed by atoms with Crippen LogP contribution < -0.4 is 15.8 Å². The highest BCUT2D eigenvalue weighted by Gasteiger charge is 2.27. The van der Waals surface area contributed by atoms with Crippen molar-refractivity contribution in [2.75, 3.05) is 23.3 Å². The Hall–Kier alpha value is -3.19. The molecule has 1 atom stereocenters. The number of carbonyl (C=O) groups is 1. The monoisotopic (exact) mass is 440 g/mol. The van der Waals surface area contributed by atoms with Crippen LogP contribution in [0.4, 0.5) is 15.9 Å². The number of anilines is 2. The average Bonchev–Trinajstić information content (AvgIpc) is 2.77. The van der Waals surface area contributed by atoms with Crippen molar-refractivity contribution in [1.29, 1.82) is 0 Å². The molecule has 31 heavy (non-hydrogen) atoms. The van der Waals surface area contributed by atoms with Crippen molar-refractivity contribution in [2.45, 2.75) is 19.8 Å². The predicted octanol–water partition coefficient (Wildman–Crippen LogP) is 4.19. The average molecular weight is 441 g/mol. The third-order valence-electron chi connectivity index (χ3n) is 5.48. The van der Waals surface area contributed by atoms with E-state index in [1.165, 1.54) is 28.9 Å². The van der Waals surface area contributed by atoms with Gasteiger partial charge in [0.05, 0.1) is 11.6 Å². The highest BCUT2D eigenvalue weighted by atomic mass is 35.5. The van der Waals surface area contributed by atoms with Crippen LogP contribution in [0.15, 0.2) is 59.4 Å². The minimum atomic E-state index is -0.442. The summed E-state index contributed by atoms with van der Waals surface area (Å²) < 4.78 is 14.8. The SMILES string of the molecule is Cc1c(Cl)cccc1NC(=O)[C@@H]1CCCN(c2ccc(=O)n(-c3cccc(F)c3)n2)C1. The van der Waals surface area contributed by atoms with Crippen LogP contribution in [0.1, 0.15) is 18.4 Å². The molecule has 2 aromatic carbocycles. The fourth-order valence-electron chi connectivity index (χ4n) is 3.74. The quantitative estimate of drug-likeness (QED) is 0.660. The molecule has 3 aromatic rings. The Morgan fingerprint density at radius 2 is 2.00 bits per heavy atom. The van der Waals surface area contributed by atoms with Crippen LogP contribution in [0.3, 0.4) is 0 Å². The highest BCUT2D eigenvalue weighted by molar-refractivity contribution is 6.31. The molecule has 0 spiro atoms. The third-order valence-corrected chi connectivity index (χ3v) is 5.89. The normalized spacial score (nSPS) is 16.2. The molecule has 6 nitrogen and oxygen atoms in total. The number of carbonyl (C=O) groups excluding carboxylic acids is 1. The standard InChI is InChI=1S/C23H22ClFN4O2/c1-15-19(24)8-3-9-20(15)26-23(31)16-5-4-12-28(14-16)21-10-11-22(30)29(27-21)18-7-2-6-17(25)13-18/h2-3,6-11,13,16H,4-5,12,14H2,1H3,(H,26,31)/t16-/m1/s1. The lowest BCUT2D eigenvalue weighted by atomic mass is 9.97. The summed E-state index contributed by atoms with van der Waals surface area (Å²) in [5.41, 5.74) is 1.54. The van der Waals surface area contributed by atoms with Crippen molar-refractivity contribution in [2.24, 2.45) is 5.92 Å². The summed E-state index contributed by atoms with van der Waals surface area (Å²) in [6.45, 7) is 3.05. The zero-order valence-corrected chi connectivity index (χ0v) is 17.8. The number of nitrogens with zero attached hydrogens (tertiary/aromatic N) is 3. The molecule has 1 fully saturated rings. The molecule has 1 aliphatic heterocycles. The van der Waals surface area contributed by atoms with E-state index in [2.05, 4.69) is 10.4 Å². The lowest BCUT2D eigenvalue weighted by molar-refractivity contribution is -0.120. The molecule has 1 aromatic heterocycles. The van der Waals surface area contributed by atoms with Crippen LogP contribution in [0.25, 0.3) is 5.69 Å². The van der Waals surface area contributed by atoms with E-state index in [-0.39, 0.29) is 17.4 Å². The zero-order chi connectivity index (χ0) is 22.0. The molecule has 2 heterocycles. The molecular formula is C23H22ClFN4O2. The number of aromatic nitrogens is 2. The molecule has 1 N–H and O–H groups in total. The van der Waals surface area contributed by atoms with Crippen molar-refractivity contribution >= 4 is 29.0 Å². The van der Waals surface area contributed by atoms with Crippen molar-refractivity contribution in [3.05, 3.63) is 81.4 Å². The molecule has 0 saturated carbocycles. The molecule has 0 unspecified atom stereocenters. The van der Waals surface area contributed by atoms with E-state index in [1.807, 2.05) is 17.9 Å². The molecule has 8 heteroatoms. The summed E-state index contributed by atoms with van der Waals surface area (Å²) in [7, 11) is 0. The summed E-state index contributed by atoms with van der Waals surface area (Å²) in [6, 6.07) is 14.2. The lowest BCUT2D eigenvalue weighted by Crippen LogP contribution is -2.41. The first kappa shape index (κ1) is 21.1. The van der Waals surface area contributed by atoms with Gasteiger partial charge in [0.1, 0.15) is 11.6 Å². The number of nitrogens with one attached hydrogen (secondary N) is 1. The van der Waals surface area contributed by atoms with Crippen LogP contribution in [0.5, 0.6) is 0 Å². The van der Waals surface area contributed by atoms with Gasteiger partial charge in [-0.2, -0.15) is 4.68 Å². The first-order valence-electron chi connectivity index (χ1n) is 10.1. The van der Waals surface area contributed by atoms with E-state index in [0.717, 1.165) is 18.4 Å². The van der Waals surface area contributed by atoms with Crippen LogP contribution in [0.2, 0.25) is 5.02 Å². The van der Waals surface area contributed by atoms with Crippen LogP contribution >= 0.6 is 11.6 Å². The Morgan fingerprint density at radius 3 is 2.81 bits per heavy atom. The van der Waals surface area contributed by atoms with E-state index in [1.54, 1.807) is 24.3 Å². The Morgan fingerprint density at radius 1 is 1.19 bits per heavy atom. The van der Waals surface area contributed by atoms with Gasteiger partial charge in [0.2, 0.25) is 5.91 Å². The van der Waals surface area contributed by atoms with E-state index in [4.69, 9.17) is 11.6 Å². The van der Waals surface area contributed by atoms with Gasteiger partial charge >= 0.3 is 0 Å². The smallest absolute Gasteiger partial charge is 0.271 e. The fraction of sp³-hybridized carbons (Fsp3) is 0.261. The number of hydrogen-bond acceptors (Lipinski definition) is 4. The lowest BCUT2D eigenvalue weighted by Gasteiger charge is -2.33. The Kier molecular flexibility index (Phi) is 6.04. The highest BCUT2D eigenvalue weighted by Crippen LogP contribution is 2.26. The number of piperidine rings is 1. The molecule has 1 aliphatic rings. The molecular weight excluding hydrogens is 419 g/mol. The maximum atomic E-state index is 13.6. The van der Waals surface area contributed by atoms with Gasteiger partial charge in [0, 0.05) is 29.9 Å². The molecule has 160 valence electrons. The van der Waals surface area contributed by atoms with Crippen molar-refractivity contribution < 1.29 is 9.18 Å². The largest absolute Gasteiger partial charge is 0.354 e. The molecule has 0 radical (unpaired) electrons. The van der Waals surface area contributed by atoms with Gasteiger partial charge in [0.15, 0.2) is 0 Å². The first-order valence-corrected chi connectivity index (χ1v) is 10.5. The van der Waals surface area contributed by atoms with Gasteiger partial charge in [-0.05, 0) is 61.7 Å². The molecule has 1 amide bonds. The van der Waals surface area contributed by atoms with E-state index in [9.17, 15) is 14.0 Å². The van der Waals surface area contributed by atoms with E-state index in [0.29, 0.717) is 35.3 Å². The molecule has 0 aliphatic carbocycles. The van der Waals surface area contributed by atoms with Crippen LogP contribution in [0, 0.1) is 18.7 Å². The zero-order valence-electron chi connectivity index (χ0n) is 17.0. The number of rotatable bonds is 4. The summed E-state index contributed by atoms with van der Waals surface area (Å²) in [4.78, 5) is 27.2. The van der Waals surface area contributed by atoms with Gasteiger partial charge in [-0.25, -0.2) is 4.39 Å². The minimum Gasteiger partial charge on any atom is -0.354 e. The van der Waals surface area contributed by atoms with Gasteiger partial charge < -0.3 is 10.2 Å². The second-order valence-corrected chi connectivity index (χ2v) is 8.02. The van der Waals surface area contributed by atoms with Crippen molar-refractivity contribution in [3.8, 4) is 5.69 Å². The molecule has 0 bridgehead atoms. The van der Waals surface area contributed by atoms with Gasteiger partial charge in [-0.1, -0.05) is 23.7 Å².